The zero-order valence-corrected chi connectivity index (χ0v) is 9.17. The molecule has 0 spiro atoms. The van der Waals surface area contributed by atoms with E-state index in [2.05, 4.69) is 15.3 Å². The van der Waals surface area contributed by atoms with Crippen LogP contribution in [0.25, 0.3) is 5.82 Å². The van der Waals surface area contributed by atoms with Gasteiger partial charge in [0.1, 0.15) is 5.15 Å². The molecule has 0 saturated carbocycles. The standard InChI is InChI=1S/C8H6Cl2N4O/c1-4-5(9)3-14(13-4)8-6(15)2-7(10)11-12-8/h2-3H,1H3,(H,11,15). The molecule has 0 saturated heterocycles. The van der Waals surface area contributed by atoms with Crippen molar-refractivity contribution in [2.75, 3.05) is 0 Å². The third kappa shape index (κ3) is 1.88. The fraction of sp³-hybridized carbons (Fsp3) is 0.125. The Labute approximate surface area is 94.6 Å². The van der Waals surface area contributed by atoms with E-state index < -0.39 is 0 Å². The van der Waals surface area contributed by atoms with Crippen molar-refractivity contribution in [3.8, 4) is 5.82 Å². The first-order valence-electron chi connectivity index (χ1n) is 4.05. The van der Waals surface area contributed by atoms with E-state index in [0.29, 0.717) is 10.7 Å². The Morgan fingerprint density at radius 1 is 1.47 bits per heavy atom. The molecular formula is C8H6Cl2N4O. The van der Waals surface area contributed by atoms with Crippen molar-refractivity contribution in [3.63, 3.8) is 0 Å². The fourth-order valence-corrected chi connectivity index (χ4v) is 1.36. The molecule has 0 fully saturated rings. The van der Waals surface area contributed by atoms with Gasteiger partial charge in [0.15, 0.2) is 0 Å². The van der Waals surface area contributed by atoms with Crippen LogP contribution in [0.1, 0.15) is 5.69 Å². The normalized spacial score (nSPS) is 10.6. The number of aryl methyl sites for hydroxylation is 1. The largest absolute Gasteiger partial charge is 0.286 e. The molecule has 2 rings (SSSR count). The van der Waals surface area contributed by atoms with E-state index in [4.69, 9.17) is 23.2 Å². The van der Waals surface area contributed by atoms with Crippen LogP contribution < -0.4 is 5.43 Å². The van der Waals surface area contributed by atoms with E-state index in [9.17, 15) is 4.79 Å². The van der Waals surface area contributed by atoms with Gasteiger partial charge in [0.25, 0.3) is 0 Å². The Morgan fingerprint density at radius 3 is 2.73 bits per heavy atom. The van der Waals surface area contributed by atoms with Crippen LogP contribution >= 0.6 is 23.2 Å². The zero-order chi connectivity index (χ0) is 11.0. The summed E-state index contributed by atoms with van der Waals surface area (Å²) in [4.78, 5) is 11.5. The van der Waals surface area contributed by atoms with E-state index in [1.165, 1.54) is 16.9 Å². The van der Waals surface area contributed by atoms with Gasteiger partial charge >= 0.3 is 0 Å². The van der Waals surface area contributed by atoms with Crippen molar-refractivity contribution >= 4 is 23.2 Å². The topological polar surface area (TPSA) is 63.6 Å². The highest BCUT2D eigenvalue weighted by Crippen LogP contribution is 2.13. The second kappa shape index (κ2) is 3.67. The van der Waals surface area contributed by atoms with Crippen LogP contribution in [0.5, 0.6) is 0 Å². The van der Waals surface area contributed by atoms with Crippen LogP contribution in [0, 0.1) is 6.92 Å². The Morgan fingerprint density at radius 2 is 2.20 bits per heavy atom. The molecule has 0 radical (unpaired) electrons. The summed E-state index contributed by atoms with van der Waals surface area (Å²) in [5.41, 5.74) is 0.311. The predicted octanol–water partition coefficient (Wildman–Crippen LogP) is 1.57. The molecule has 0 aliphatic heterocycles. The first-order chi connectivity index (χ1) is 7.08. The predicted molar refractivity (Wildman–Crippen MR) is 56.7 cm³/mol. The molecule has 0 amide bonds. The summed E-state index contributed by atoms with van der Waals surface area (Å²) in [6.07, 6.45) is 1.52. The van der Waals surface area contributed by atoms with Crippen molar-refractivity contribution in [1.29, 1.82) is 0 Å². The summed E-state index contributed by atoms with van der Waals surface area (Å²) in [5, 5.41) is 10.9. The number of H-pyrrole nitrogens is 1. The maximum absolute atomic E-state index is 11.5. The van der Waals surface area contributed by atoms with Gasteiger partial charge in [0, 0.05) is 6.07 Å². The number of nitrogens with zero attached hydrogens (tertiary/aromatic N) is 3. The molecule has 0 aromatic carbocycles. The second-order valence-corrected chi connectivity index (χ2v) is 3.73. The maximum atomic E-state index is 11.5. The summed E-state index contributed by atoms with van der Waals surface area (Å²) in [5.74, 6) is 0.134. The maximum Gasteiger partial charge on any atom is 0.227 e. The Balaban J connectivity index is 2.59. The number of hydrogen-bond donors (Lipinski definition) is 1. The SMILES string of the molecule is Cc1nn(-c2n[nH]c(Cl)cc2=O)cc1Cl. The van der Waals surface area contributed by atoms with E-state index >= 15 is 0 Å². The second-order valence-electron chi connectivity index (χ2n) is 2.91. The van der Waals surface area contributed by atoms with Gasteiger partial charge in [0.05, 0.1) is 16.9 Å². The number of nitrogens with one attached hydrogen (secondary N) is 1. The van der Waals surface area contributed by atoms with Gasteiger partial charge < -0.3 is 0 Å². The average Bonchev–Trinajstić information content (AvgIpc) is 2.46. The molecule has 0 atom stereocenters. The summed E-state index contributed by atoms with van der Waals surface area (Å²) in [7, 11) is 0. The van der Waals surface area contributed by atoms with Gasteiger partial charge in [-0.2, -0.15) is 10.2 Å². The molecule has 5 nitrogen and oxygen atoms in total. The Bertz CT molecular complexity index is 541. The van der Waals surface area contributed by atoms with Crippen LogP contribution in [-0.4, -0.2) is 20.0 Å². The number of aromatic nitrogens is 4. The first-order valence-corrected chi connectivity index (χ1v) is 4.81. The Kier molecular flexibility index (Phi) is 2.50. The van der Waals surface area contributed by atoms with Gasteiger partial charge in [0.2, 0.25) is 11.2 Å². The molecule has 0 aliphatic rings. The molecule has 1 N–H and O–H groups in total. The Hall–Kier alpha value is -1.33. The third-order valence-corrected chi connectivity index (χ3v) is 2.37. The lowest BCUT2D eigenvalue weighted by molar-refractivity contribution is 0.795. The van der Waals surface area contributed by atoms with Crippen molar-refractivity contribution in [1.82, 2.24) is 20.0 Å². The van der Waals surface area contributed by atoms with Gasteiger partial charge in [-0.1, -0.05) is 23.2 Å². The van der Waals surface area contributed by atoms with E-state index in [0.717, 1.165) is 0 Å². The van der Waals surface area contributed by atoms with Crippen LogP contribution in [0.4, 0.5) is 0 Å². The minimum absolute atomic E-state index is 0.134. The van der Waals surface area contributed by atoms with Crippen LogP contribution in [-0.2, 0) is 0 Å². The highest BCUT2D eigenvalue weighted by atomic mass is 35.5. The lowest BCUT2D eigenvalue weighted by atomic mass is 10.5. The van der Waals surface area contributed by atoms with E-state index in [1.807, 2.05) is 0 Å². The van der Waals surface area contributed by atoms with Crippen LogP contribution in [0.3, 0.4) is 0 Å². The molecule has 2 aromatic rings. The zero-order valence-electron chi connectivity index (χ0n) is 7.66. The third-order valence-electron chi connectivity index (χ3n) is 1.80. The molecule has 0 aliphatic carbocycles. The smallest absolute Gasteiger partial charge is 0.227 e. The van der Waals surface area contributed by atoms with Crippen molar-refractivity contribution in [2.45, 2.75) is 6.92 Å². The van der Waals surface area contributed by atoms with Crippen LogP contribution in [0.15, 0.2) is 17.1 Å². The van der Waals surface area contributed by atoms with E-state index in [-0.39, 0.29) is 16.4 Å². The van der Waals surface area contributed by atoms with Crippen molar-refractivity contribution in [2.24, 2.45) is 0 Å². The van der Waals surface area contributed by atoms with Crippen LogP contribution in [0.2, 0.25) is 10.2 Å². The summed E-state index contributed by atoms with van der Waals surface area (Å²) >= 11 is 11.4. The summed E-state index contributed by atoms with van der Waals surface area (Å²) in [6, 6.07) is 1.23. The molecule has 78 valence electrons. The number of aromatic amines is 1. The number of rotatable bonds is 1. The first kappa shape index (κ1) is 10.2. The lowest BCUT2D eigenvalue weighted by Crippen LogP contribution is -2.14. The fourth-order valence-electron chi connectivity index (χ4n) is 1.09. The average molecular weight is 245 g/mol. The van der Waals surface area contributed by atoms with Crippen molar-refractivity contribution < 1.29 is 0 Å². The molecule has 0 unspecified atom stereocenters. The summed E-state index contributed by atoms with van der Waals surface area (Å²) in [6.45, 7) is 1.74. The molecule has 2 heterocycles. The van der Waals surface area contributed by atoms with Crippen molar-refractivity contribution in [3.05, 3.63) is 38.4 Å². The molecule has 15 heavy (non-hydrogen) atoms. The monoisotopic (exact) mass is 244 g/mol. The minimum atomic E-state index is -0.321. The molecule has 0 bridgehead atoms. The molecule has 2 aromatic heterocycles. The number of halogens is 2. The van der Waals surface area contributed by atoms with Gasteiger partial charge in [-0.15, -0.1) is 0 Å². The minimum Gasteiger partial charge on any atom is -0.286 e. The van der Waals surface area contributed by atoms with Gasteiger partial charge in [-0.25, -0.2) is 4.68 Å². The lowest BCUT2D eigenvalue weighted by Gasteiger charge is -1.97. The molecule has 7 heteroatoms. The summed E-state index contributed by atoms with van der Waals surface area (Å²) < 4.78 is 1.31. The van der Waals surface area contributed by atoms with E-state index in [1.54, 1.807) is 6.92 Å². The quantitative estimate of drug-likeness (QED) is 0.829. The highest BCUT2D eigenvalue weighted by molar-refractivity contribution is 6.31. The molecular weight excluding hydrogens is 239 g/mol. The highest BCUT2D eigenvalue weighted by Gasteiger charge is 2.08. The van der Waals surface area contributed by atoms with Gasteiger partial charge in [-0.3, -0.25) is 9.89 Å². The number of hydrogen-bond acceptors (Lipinski definition) is 3. The van der Waals surface area contributed by atoms with Gasteiger partial charge in [-0.05, 0) is 6.92 Å².